The molecule has 0 amide bonds. The molecule has 6 heteroatoms. The second kappa shape index (κ2) is 57.7. The quantitative estimate of drug-likeness (QED) is 0.0262. The van der Waals surface area contributed by atoms with E-state index in [1.54, 1.807) is 0 Å². The van der Waals surface area contributed by atoms with E-state index in [0.29, 0.717) is 19.3 Å². The predicted molar refractivity (Wildman–Crippen MR) is 298 cm³/mol. The second-order valence-electron chi connectivity index (χ2n) is 19.9. The summed E-state index contributed by atoms with van der Waals surface area (Å²) in [6.07, 6.45) is 72.1. The highest BCUT2D eigenvalue weighted by Crippen LogP contribution is 2.16. The number of carbonyl (C=O) groups excluding carboxylic acids is 3. The van der Waals surface area contributed by atoms with Crippen molar-refractivity contribution in [3.63, 3.8) is 0 Å². The molecular weight excluding hydrogens is 853 g/mol. The van der Waals surface area contributed by atoms with E-state index in [9.17, 15) is 14.4 Å². The van der Waals surface area contributed by atoms with E-state index in [1.165, 1.54) is 180 Å². The Morgan fingerprint density at radius 3 is 0.870 bits per heavy atom. The maximum atomic E-state index is 12.9. The van der Waals surface area contributed by atoms with Gasteiger partial charge in [-0.15, -0.1) is 0 Å². The van der Waals surface area contributed by atoms with Crippen molar-refractivity contribution in [1.29, 1.82) is 0 Å². The van der Waals surface area contributed by atoms with Gasteiger partial charge in [-0.1, -0.05) is 255 Å². The smallest absolute Gasteiger partial charge is 0.306 e. The molecule has 0 saturated carbocycles. The Morgan fingerprint density at radius 2 is 0.522 bits per heavy atom. The van der Waals surface area contributed by atoms with Crippen LogP contribution in [0.2, 0.25) is 0 Å². The van der Waals surface area contributed by atoms with Gasteiger partial charge in [0.2, 0.25) is 0 Å². The van der Waals surface area contributed by atoms with E-state index in [-0.39, 0.29) is 31.1 Å². The third-order valence-corrected chi connectivity index (χ3v) is 13.0. The first-order valence-corrected chi connectivity index (χ1v) is 29.8. The minimum Gasteiger partial charge on any atom is -0.462 e. The zero-order valence-electron chi connectivity index (χ0n) is 45.8. The van der Waals surface area contributed by atoms with E-state index in [1.807, 2.05) is 0 Å². The molecule has 0 rings (SSSR count). The molecule has 0 bridgehead atoms. The molecule has 0 aromatic rings. The molecule has 400 valence electrons. The summed E-state index contributed by atoms with van der Waals surface area (Å²) in [5.74, 6) is -0.903. The molecule has 0 fully saturated rings. The topological polar surface area (TPSA) is 78.9 Å². The molecule has 0 spiro atoms. The van der Waals surface area contributed by atoms with Crippen LogP contribution in [0.3, 0.4) is 0 Å². The third kappa shape index (κ3) is 55.9. The van der Waals surface area contributed by atoms with Crippen LogP contribution in [-0.2, 0) is 28.6 Å². The van der Waals surface area contributed by atoms with Gasteiger partial charge < -0.3 is 14.2 Å². The Kier molecular flexibility index (Phi) is 55.3. The largest absolute Gasteiger partial charge is 0.462 e. The molecule has 0 aliphatic carbocycles. The fourth-order valence-corrected chi connectivity index (χ4v) is 8.48. The number of carbonyl (C=O) groups is 3. The van der Waals surface area contributed by atoms with Crippen LogP contribution in [0.1, 0.15) is 303 Å². The number of allylic oxidation sites excluding steroid dienone is 10. The highest BCUT2D eigenvalue weighted by molar-refractivity contribution is 5.71. The average molecular weight is 966 g/mol. The molecule has 0 aromatic heterocycles. The second-order valence-corrected chi connectivity index (χ2v) is 19.9. The number of rotatable bonds is 54. The molecule has 0 unspecified atom stereocenters. The first-order chi connectivity index (χ1) is 34.0. The summed E-state index contributed by atoms with van der Waals surface area (Å²) in [5.41, 5.74) is 0. The predicted octanol–water partition coefficient (Wildman–Crippen LogP) is 20.0. The lowest BCUT2D eigenvalue weighted by Gasteiger charge is -2.18. The first-order valence-electron chi connectivity index (χ1n) is 29.8. The van der Waals surface area contributed by atoms with Gasteiger partial charge in [0.05, 0.1) is 0 Å². The molecular formula is C63H112O6. The molecule has 0 heterocycles. The molecule has 0 aliphatic heterocycles. The van der Waals surface area contributed by atoms with E-state index < -0.39 is 6.10 Å². The van der Waals surface area contributed by atoms with Gasteiger partial charge in [-0.05, 0) is 89.9 Å². The molecule has 0 radical (unpaired) electrons. The first kappa shape index (κ1) is 66.1. The fraction of sp³-hybridized carbons (Fsp3) is 0.794. The lowest BCUT2D eigenvalue weighted by atomic mass is 10.0. The monoisotopic (exact) mass is 965 g/mol. The molecule has 6 nitrogen and oxygen atoms in total. The SMILES string of the molecule is CCCCC/C=C\C/C=C\C/C=C\C/C=C\CCCCCC(=O)OC[C@H](COC(=O)CCCCCCCCCCCCC)OC(=O)CCCCCCCCCCCCC/C=C\CCCCCCCC. The fourth-order valence-electron chi connectivity index (χ4n) is 8.48. The zero-order chi connectivity index (χ0) is 50.0. The van der Waals surface area contributed by atoms with Gasteiger partial charge in [0, 0.05) is 19.3 Å². The van der Waals surface area contributed by atoms with Crippen molar-refractivity contribution in [3.8, 4) is 0 Å². The van der Waals surface area contributed by atoms with Crippen molar-refractivity contribution in [2.75, 3.05) is 13.2 Å². The van der Waals surface area contributed by atoms with Gasteiger partial charge in [-0.2, -0.15) is 0 Å². The standard InChI is InChI=1S/C63H112O6/c1-4-7-10-13-16-19-22-24-26-28-30-31-33-35-37-39-42-45-48-51-54-57-63(66)69-60(58-67-61(64)55-52-49-46-43-40-21-18-15-12-9-6-3)59-68-62(65)56-53-50-47-44-41-38-36-34-32-29-27-25-23-20-17-14-11-8-5-2/h17,20,24-27,32,34,38,41,60H,4-16,18-19,21-23,28-31,33,35-37,39-40,42-59H2,1-3H3/b20-17-,26-24-,27-25-,34-32-,41-38-/t60-/m0/s1. The molecule has 0 N–H and O–H groups in total. The highest BCUT2D eigenvalue weighted by Gasteiger charge is 2.19. The van der Waals surface area contributed by atoms with Crippen LogP contribution < -0.4 is 0 Å². The van der Waals surface area contributed by atoms with Gasteiger partial charge in [0.1, 0.15) is 13.2 Å². The minimum absolute atomic E-state index is 0.0820. The molecule has 1 atom stereocenters. The molecule has 69 heavy (non-hydrogen) atoms. The van der Waals surface area contributed by atoms with Crippen molar-refractivity contribution in [3.05, 3.63) is 60.8 Å². The maximum absolute atomic E-state index is 12.9. The molecule has 0 aromatic carbocycles. The summed E-state index contributed by atoms with van der Waals surface area (Å²) in [5, 5.41) is 0. The summed E-state index contributed by atoms with van der Waals surface area (Å²) in [7, 11) is 0. The summed E-state index contributed by atoms with van der Waals surface area (Å²) in [6, 6.07) is 0. The van der Waals surface area contributed by atoms with E-state index in [4.69, 9.17) is 14.2 Å². The van der Waals surface area contributed by atoms with Crippen LogP contribution in [0, 0.1) is 0 Å². The summed E-state index contributed by atoms with van der Waals surface area (Å²) >= 11 is 0. The van der Waals surface area contributed by atoms with Crippen molar-refractivity contribution in [2.24, 2.45) is 0 Å². The van der Waals surface area contributed by atoms with Gasteiger partial charge in [0.25, 0.3) is 0 Å². The Morgan fingerprint density at radius 1 is 0.290 bits per heavy atom. The van der Waals surface area contributed by atoms with Crippen LogP contribution >= 0.6 is 0 Å². The summed E-state index contributed by atoms with van der Waals surface area (Å²) in [6.45, 7) is 6.60. The Balaban J connectivity index is 4.35. The van der Waals surface area contributed by atoms with Crippen LogP contribution in [0.15, 0.2) is 60.8 Å². The number of ether oxygens (including phenoxy) is 3. The normalized spacial score (nSPS) is 12.4. The zero-order valence-corrected chi connectivity index (χ0v) is 45.8. The van der Waals surface area contributed by atoms with Crippen molar-refractivity contribution >= 4 is 17.9 Å². The summed E-state index contributed by atoms with van der Waals surface area (Å²) in [4.78, 5) is 38.1. The molecule has 0 saturated heterocycles. The average Bonchev–Trinajstić information content (AvgIpc) is 3.35. The number of esters is 3. The van der Waals surface area contributed by atoms with E-state index >= 15 is 0 Å². The third-order valence-electron chi connectivity index (χ3n) is 13.0. The van der Waals surface area contributed by atoms with Crippen molar-refractivity contribution < 1.29 is 28.6 Å². The number of hydrogen-bond donors (Lipinski definition) is 0. The van der Waals surface area contributed by atoms with Crippen LogP contribution in [0.5, 0.6) is 0 Å². The highest BCUT2D eigenvalue weighted by atomic mass is 16.6. The summed E-state index contributed by atoms with van der Waals surface area (Å²) < 4.78 is 16.9. The van der Waals surface area contributed by atoms with Crippen LogP contribution in [0.4, 0.5) is 0 Å². The number of unbranched alkanes of at least 4 members (excludes halogenated alkanes) is 33. The van der Waals surface area contributed by atoms with E-state index in [0.717, 1.165) is 83.5 Å². The van der Waals surface area contributed by atoms with Crippen LogP contribution in [0.25, 0.3) is 0 Å². The maximum Gasteiger partial charge on any atom is 0.306 e. The Labute approximate surface area is 428 Å². The van der Waals surface area contributed by atoms with Gasteiger partial charge in [-0.25, -0.2) is 0 Å². The van der Waals surface area contributed by atoms with Crippen molar-refractivity contribution in [2.45, 2.75) is 309 Å². The number of hydrogen-bond acceptors (Lipinski definition) is 6. The van der Waals surface area contributed by atoms with Gasteiger partial charge in [0.15, 0.2) is 6.10 Å². The van der Waals surface area contributed by atoms with Crippen LogP contribution in [-0.4, -0.2) is 37.2 Å². The lowest BCUT2D eigenvalue weighted by Crippen LogP contribution is -2.30. The Bertz CT molecular complexity index is 1250. The lowest BCUT2D eigenvalue weighted by molar-refractivity contribution is -0.167. The van der Waals surface area contributed by atoms with E-state index in [2.05, 4.69) is 81.5 Å². The Hall–Kier alpha value is -2.89. The van der Waals surface area contributed by atoms with Gasteiger partial charge >= 0.3 is 17.9 Å². The van der Waals surface area contributed by atoms with Gasteiger partial charge in [-0.3, -0.25) is 14.4 Å². The minimum atomic E-state index is -0.786. The van der Waals surface area contributed by atoms with Crippen molar-refractivity contribution in [1.82, 2.24) is 0 Å². The molecule has 0 aliphatic rings.